The Labute approximate surface area is 181 Å². The lowest BCUT2D eigenvalue weighted by Gasteiger charge is -2.39. The summed E-state index contributed by atoms with van der Waals surface area (Å²) >= 11 is 0. The molecule has 1 aliphatic heterocycles. The topological polar surface area (TPSA) is 70.8 Å². The highest BCUT2D eigenvalue weighted by Gasteiger charge is 2.37. The first-order valence-electron chi connectivity index (χ1n) is 10.5. The number of aromatic nitrogens is 3. The van der Waals surface area contributed by atoms with E-state index < -0.39 is 17.8 Å². The van der Waals surface area contributed by atoms with E-state index in [1.807, 2.05) is 0 Å². The van der Waals surface area contributed by atoms with Gasteiger partial charge in [0, 0.05) is 32.0 Å². The Kier molecular flexibility index (Phi) is 6.07. The van der Waals surface area contributed by atoms with Crippen molar-refractivity contribution in [2.75, 3.05) is 18.8 Å². The average molecular weight is 453 g/mol. The number of nitrogens with zero attached hydrogens (tertiary/aromatic N) is 3. The van der Waals surface area contributed by atoms with Crippen LogP contribution in [-0.2, 0) is 19.0 Å². The van der Waals surface area contributed by atoms with Gasteiger partial charge in [-0.2, -0.15) is 13.2 Å². The predicted octanol–water partition coefficient (Wildman–Crippen LogP) is 4.83. The van der Waals surface area contributed by atoms with Gasteiger partial charge in [-0.3, -0.25) is 4.90 Å². The highest BCUT2D eigenvalue weighted by Crippen LogP contribution is 2.33. The minimum atomic E-state index is -4.42. The molecular formula is C22H24F5N5. The zero-order valence-corrected chi connectivity index (χ0v) is 17.3. The van der Waals surface area contributed by atoms with Gasteiger partial charge in [0.25, 0.3) is 5.92 Å². The third kappa shape index (κ3) is 5.01. The fourth-order valence-electron chi connectivity index (χ4n) is 4.32. The fraction of sp³-hybridized carbons (Fsp3) is 0.455. The molecule has 0 spiro atoms. The van der Waals surface area contributed by atoms with Crippen molar-refractivity contribution in [3.05, 3.63) is 53.5 Å². The van der Waals surface area contributed by atoms with Gasteiger partial charge in [0.2, 0.25) is 0 Å². The summed E-state index contributed by atoms with van der Waals surface area (Å²) in [6, 6.07) is 9.89. The molecule has 1 aromatic carbocycles. The Hall–Kier alpha value is -2.75. The molecule has 32 heavy (non-hydrogen) atoms. The first-order chi connectivity index (χ1) is 15.1. The molecule has 0 radical (unpaired) electrons. The van der Waals surface area contributed by atoms with Crippen molar-refractivity contribution in [2.45, 2.75) is 50.2 Å². The molecule has 5 rings (SSSR count). The van der Waals surface area contributed by atoms with Crippen LogP contribution in [0.5, 0.6) is 0 Å². The Morgan fingerprint density at radius 3 is 2.41 bits per heavy atom. The van der Waals surface area contributed by atoms with Crippen LogP contribution in [-0.4, -0.2) is 44.9 Å². The number of anilines is 1. The lowest BCUT2D eigenvalue weighted by atomic mass is 9.86. The number of piperidine rings is 1. The molecule has 172 valence electrons. The lowest BCUT2D eigenvalue weighted by Crippen LogP contribution is -2.47. The summed E-state index contributed by atoms with van der Waals surface area (Å²) < 4.78 is 63.0. The zero-order valence-electron chi connectivity index (χ0n) is 17.3. The smallest absolute Gasteiger partial charge is 0.383 e. The van der Waals surface area contributed by atoms with E-state index in [1.54, 1.807) is 0 Å². The molecule has 1 atom stereocenters. The molecule has 10 heteroatoms. The monoisotopic (exact) mass is 453 g/mol. The number of hydrogen-bond acceptors (Lipinski definition) is 4. The van der Waals surface area contributed by atoms with Crippen LogP contribution in [0.25, 0.3) is 11.0 Å². The van der Waals surface area contributed by atoms with E-state index in [4.69, 9.17) is 5.73 Å². The molecule has 5 nitrogen and oxygen atoms in total. The van der Waals surface area contributed by atoms with Gasteiger partial charge in [-0.1, -0.05) is 24.3 Å². The van der Waals surface area contributed by atoms with Crippen molar-refractivity contribution in [2.24, 2.45) is 0 Å². The Balaban J connectivity index is 0.000000158. The van der Waals surface area contributed by atoms with Gasteiger partial charge in [-0.15, -0.1) is 0 Å². The number of fused-ring (bicyclic) bond motifs is 2. The number of likely N-dealkylation sites (tertiary alicyclic amines) is 1. The van der Waals surface area contributed by atoms with E-state index in [2.05, 4.69) is 44.1 Å². The summed E-state index contributed by atoms with van der Waals surface area (Å²) in [6.07, 6.45) is -0.0180. The van der Waals surface area contributed by atoms with Gasteiger partial charge >= 0.3 is 6.18 Å². The van der Waals surface area contributed by atoms with Crippen LogP contribution < -0.4 is 5.73 Å². The van der Waals surface area contributed by atoms with Gasteiger partial charge in [0.1, 0.15) is 23.5 Å². The normalized spacial score (nSPS) is 21.0. The number of aryl methyl sites for hydroxylation is 1. The van der Waals surface area contributed by atoms with Gasteiger partial charge in [-0.25, -0.2) is 18.7 Å². The Bertz CT molecular complexity index is 1070. The third-order valence-corrected chi connectivity index (χ3v) is 6.13. The fourth-order valence-corrected chi connectivity index (χ4v) is 4.32. The molecule has 0 bridgehead atoms. The Morgan fingerprint density at radius 1 is 1.06 bits per heavy atom. The number of rotatable bonds is 1. The summed E-state index contributed by atoms with van der Waals surface area (Å²) in [7, 11) is 0. The lowest BCUT2D eigenvalue weighted by molar-refractivity contribution is -0.140. The average Bonchev–Trinajstić information content (AvgIpc) is 3.20. The van der Waals surface area contributed by atoms with Crippen LogP contribution >= 0.6 is 0 Å². The van der Waals surface area contributed by atoms with Crippen molar-refractivity contribution in [1.29, 1.82) is 0 Å². The largest absolute Gasteiger partial charge is 0.431 e. The zero-order chi connectivity index (χ0) is 22.9. The van der Waals surface area contributed by atoms with E-state index in [1.165, 1.54) is 11.1 Å². The van der Waals surface area contributed by atoms with Crippen LogP contribution in [0.4, 0.5) is 27.8 Å². The minimum absolute atomic E-state index is 0.0294. The third-order valence-electron chi connectivity index (χ3n) is 6.13. The first-order valence-corrected chi connectivity index (χ1v) is 10.5. The highest BCUT2D eigenvalue weighted by atomic mass is 19.4. The minimum Gasteiger partial charge on any atom is -0.383 e. The summed E-state index contributed by atoms with van der Waals surface area (Å²) in [6.45, 7) is 1.11. The molecule has 1 fully saturated rings. The molecule has 3 aromatic rings. The highest BCUT2D eigenvalue weighted by molar-refractivity contribution is 5.86. The molecule has 0 saturated carbocycles. The van der Waals surface area contributed by atoms with E-state index in [0.29, 0.717) is 19.1 Å². The molecule has 3 heterocycles. The predicted molar refractivity (Wildman–Crippen MR) is 111 cm³/mol. The summed E-state index contributed by atoms with van der Waals surface area (Å²) in [5.41, 5.74) is 7.44. The number of halogens is 5. The molecule has 2 aliphatic rings. The van der Waals surface area contributed by atoms with E-state index in [9.17, 15) is 22.0 Å². The number of nitrogens with one attached hydrogen (secondary N) is 1. The van der Waals surface area contributed by atoms with Gasteiger partial charge in [0.05, 0.1) is 5.39 Å². The number of nitrogen functional groups attached to an aromatic ring is 1. The second-order valence-electron chi connectivity index (χ2n) is 8.26. The molecular weight excluding hydrogens is 429 g/mol. The second kappa shape index (κ2) is 8.65. The maximum atomic E-state index is 13.2. The maximum absolute atomic E-state index is 13.2. The number of H-pyrrole nitrogens is 1. The molecule has 3 N–H and O–H groups in total. The van der Waals surface area contributed by atoms with Crippen molar-refractivity contribution >= 4 is 16.9 Å². The second-order valence-corrected chi connectivity index (χ2v) is 8.26. The van der Waals surface area contributed by atoms with Crippen LogP contribution in [0.1, 0.15) is 36.1 Å². The van der Waals surface area contributed by atoms with E-state index in [0.717, 1.165) is 31.7 Å². The van der Waals surface area contributed by atoms with Crippen LogP contribution in [0.2, 0.25) is 0 Å². The molecule has 1 unspecified atom stereocenters. The summed E-state index contributed by atoms with van der Waals surface area (Å²) in [4.78, 5) is 11.6. The molecule has 1 aliphatic carbocycles. The number of nitrogens with two attached hydrogens (primary N) is 1. The van der Waals surface area contributed by atoms with E-state index >= 15 is 0 Å². The Morgan fingerprint density at radius 2 is 1.75 bits per heavy atom. The molecule has 2 aromatic heterocycles. The van der Waals surface area contributed by atoms with Crippen molar-refractivity contribution in [3.8, 4) is 0 Å². The standard InChI is InChI=1S/C15H19F2N.C7H5F3N4/c16-15(17)7-9-18(10-8-15)14-6-5-12-3-1-2-4-13(12)11-14;8-7(9,10)4-1-3-5(11)12-2-13-6(3)14-4/h1-4,14H,5-11H2;1-2H,(H3,11,12,13,14). The van der Waals surface area contributed by atoms with Gasteiger partial charge < -0.3 is 10.7 Å². The van der Waals surface area contributed by atoms with Crippen molar-refractivity contribution in [3.63, 3.8) is 0 Å². The number of alkyl halides is 5. The van der Waals surface area contributed by atoms with Crippen molar-refractivity contribution in [1.82, 2.24) is 19.9 Å². The molecule has 0 amide bonds. The van der Waals surface area contributed by atoms with Crippen LogP contribution in [0.3, 0.4) is 0 Å². The van der Waals surface area contributed by atoms with Crippen molar-refractivity contribution < 1.29 is 22.0 Å². The number of hydrogen-bond donors (Lipinski definition) is 2. The van der Waals surface area contributed by atoms with Gasteiger partial charge in [0.15, 0.2) is 0 Å². The summed E-state index contributed by atoms with van der Waals surface area (Å²) in [5.74, 6) is -2.40. The molecule has 1 saturated heterocycles. The van der Waals surface area contributed by atoms with Crippen LogP contribution in [0.15, 0.2) is 36.7 Å². The number of benzene rings is 1. The SMILES string of the molecule is FC1(F)CCN(C2CCc3ccccc3C2)CC1.Nc1ncnc2[nH]c(C(F)(F)F)cc12. The summed E-state index contributed by atoms with van der Waals surface area (Å²) in [5, 5.41) is 0.180. The first kappa shape index (κ1) is 22.4. The van der Waals surface area contributed by atoms with Gasteiger partial charge in [-0.05, 0) is 36.5 Å². The maximum Gasteiger partial charge on any atom is 0.431 e. The number of aromatic amines is 1. The van der Waals surface area contributed by atoms with Crippen LogP contribution in [0, 0.1) is 0 Å². The van der Waals surface area contributed by atoms with E-state index in [-0.39, 0.29) is 29.7 Å². The quantitative estimate of drug-likeness (QED) is 0.518.